The van der Waals surface area contributed by atoms with Crippen molar-refractivity contribution < 1.29 is 17.9 Å². The molecule has 0 aromatic heterocycles. The number of hydrogen-bond acceptors (Lipinski definition) is 5. The monoisotopic (exact) mass is 466 g/mol. The lowest BCUT2D eigenvalue weighted by Crippen LogP contribution is -2.33. The molecule has 3 aromatic carbocycles. The third-order valence-electron chi connectivity index (χ3n) is 5.06. The third kappa shape index (κ3) is 6.26. The lowest BCUT2D eigenvalue weighted by molar-refractivity contribution is -0.135. The zero-order valence-corrected chi connectivity index (χ0v) is 19.0. The van der Waals surface area contributed by atoms with Gasteiger partial charge in [-0.25, -0.2) is 13.6 Å². The molecule has 3 aromatic rings. The Morgan fingerprint density at radius 3 is 2.33 bits per heavy atom. The average Bonchev–Trinajstić information content (AvgIpc) is 2.79. The second kappa shape index (κ2) is 10.4. The van der Waals surface area contributed by atoms with Crippen LogP contribution in [0.3, 0.4) is 0 Å². The molecule has 0 saturated heterocycles. The van der Waals surface area contributed by atoms with Gasteiger partial charge in [-0.3, -0.25) is 10.2 Å². The van der Waals surface area contributed by atoms with E-state index in [0.29, 0.717) is 23.2 Å². The molecule has 0 aliphatic carbocycles. The van der Waals surface area contributed by atoms with Crippen molar-refractivity contribution in [3.63, 3.8) is 0 Å². The highest BCUT2D eigenvalue weighted by Gasteiger charge is 2.17. The van der Waals surface area contributed by atoms with Gasteiger partial charge in [0.2, 0.25) is 15.9 Å². The number of nitrogens with zero attached hydrogens (tertiary/aromatic N) is 1. The summed E-state index contributed by atoms with van der Waals surface area (Å²) >= 11 is 0. The van der Waals surface area contributed by atoms with E-state index in [9.17, 15) is 13.2 Å². The zero-order valence-electron chi connectivity index (χ0n) is 18.2. The fraction of sp³-hybridized carbons (Fsp3) is 0.167. The van der Waals surface area contributed by atoms with Gasteiger partial charge in [0.25, 0.3) is 0 Å². The summed E-state index contributed by atoms with van der Waals surface area (Å²) in [4.78, 5) is 14.6. The first-order valence-electron chi connectivity index (χ1n) is 10.1. The summed E-state index contributed by atoms with van der Waals surface area (Å²) in [7, 11) is -2.34. The summed E-state index contributed by atoms with van der Waals surface area (Å²) in [5.41, 5.74) is 8.95. The highest BCUT2D eigenvalue weighted by molar-refractivity contribution is 7.89. The maximum Gasteiger partial charge on any atom is 0.238 e. The lowest BCUT2D eigenvalue weighted by atomic mass is 10.0. The van der Waals surface area contributed by atoms with Gasteiger partial charge in [-0.1, -0.05) is 60.7 Å². The van der Waals surface area contributed by atoms with E-state index in [2.05, 4.69) is 0 Å². The molecular weight excluding hydrogens is 440 g/mol. The summed E-state index contributed by atoms with van der Waals surface area (Å²) in [5.74, 6) is -0.173. The summed E-state index contributed by atoms with van der Waals surface area (Å²) in [6.07, 6.45) is 0.146. The molecule has 172 valence electrons. The minimum absolute atomic E-state index is 0.0365. The Labute approximate surface area is 193 Å². The predicted molar refractivity (Wildman–Crippen MR) is 127 cm³/mol. The number of methoxy groups -OCH3 is 1. The molecule has 5 N–H and O–H groups in total. The molecule has 0 saturated carbocycles. The van der Waals surface area contributed by atoms with Crippen LogP contribution in [0.2, 0.25) is 0 Å². The SMILES string of the molecule is COCN(Cc1cccc(C(=N)N)c1)C(=O)Cc1ccc(-c2ccccc2S(N)(=O)=O)cc1. The fourth-order valence-corrected chi connectivity index (χ4v) is 4.22. The quantitative estimate of drug-likeness (QED) is 0.252. The molecular formula is C24H26N4O4S. The first-order chi connectivity index (χ1) is 15.7. The van der Waals surface area contributed by atoms with E-state index in [1.807, 2.05) is 6.07 Å². The number of hydrogen-bond donors (Lipinski definition) is 3. The van der Waals surface area contributed by atoms with E-state index >= 15 is 0 Å². The van der Waals surface area contributed by atoms with Crippen molar-refractivity contribution in [2.45, 2.75) is 17.9 Å². The number of carbonyl (C=O) groups is 1. The molecule has 0 heterocycles. The molecule has 0 unspecified atom stereocenters. The van der Waals surface area contributed by atoms with Crippen LogP contribution in [-0.2, 0) is 32.5 Å². The van der Waals surface area contributed by atoms with Crippen LogP contribution >= 0.6 is 0 Å². The minimum Gasteiger partial charge on any atom is -0.384 e. The normalized spacial score (nSPS) is 11.2. The number of amidine groups is 1. The van der Waals surface area contributed by atoms with Crippen LogP contribution in [0.4, 0.5) is 0 Å². The van der Waals surface area contributed by atoms with Gasteiger partial charge in [-0.05, 0) is 28.8 Å². The Morgan fingerprint density at radius 2 is 1.70 bits per heavy atom. The van der Waals surface area contributed by atoms with Crippen molar-refractivity contribution in [1.82, 2.24) is 4.90 Å². The van der Waals surface area contributed by atoms with Crippen molar-refractivity contribution in [3.05, 3.63) is 89.5 Å². The van der Waals surface area contributed by atoms with E-state index in [1.165, 1.54) is 13.2 Å². The first kappa shape index (κ1) is 24.1. The number of rotatable bonds is 9. The summed E-state index contributed by atoms with van der Waals surface area (Å²) in [6.45, 7) is 0.427. The summed E-state index contributed by atoms with van der Waals surface area (Å²) < 4.78 is 29.0. The number of sulfonamides is 1. The molecule has 0 fully saturated rings. The Balaban J connectivity index is 1.76. The van der Waals surface area contributed by atoms with Crippen molar-refractivity contribution in [1.29, 1.82) is 5.41 Å². The second-order valence-electron chi connectivity index (χ2n) is 7.54. The van der Waals surface area contributed by atoms with Gasteiger partial charge < -0.3 is 15.4 Å². The van der Waals surface area contributed by atoms with E-state index in [4.69, 9.17) is 21.0 Å². The summed E-state index contributed by atoms with van der Waals surface area (Å²) in [5, 5.41) is 12.9. The van der Waals surface area contributed by atoms with Gasteiger partial charge in [0.15, 0.2) is 0 Å². The van der Waals surface area contributed by atoms with Crippen molar-refractivity contribution >= 4 is 21.8 Å². The molecule has 0 bridgehead atoms. The molecule has 0 aliphatic rings. The van der Waals surface area contributed by atoms with Gasteiger partial charge in [0.05, 0.1) is 11.3 Å². The molecule has 9 heteroatoms. The Hall–Kier alpha value is -3.53. The largest absolute Gasteiger partial charge is 0.384 e. The van der Waals surface area contributed by atoms with Crippen LogP contribution in [-0.4, -0.2) is 38.9 Å². The topological polar surface area (TPSA) is 140 Å². The number of benzene rings is 3. The second-order valence-corrected chi connectivity index (χ2v) is 9.07. The van der Waals surface area contributed by atoms with Crippen LogP contribution in [0.1, 0.15) is 16.7 Å². The van der Waals surface area contributed by atoms with Crippen molar-refractivity contribution in [3.8, 4) is 11.1 Å². The Morgan fingerprint density at radius 1 is 1.00 bits per heavy atom. The smallest absolute Gasteiger partial charge is 0.238 e. The highest BCUT2D eigenvalue weighted by Crippen LogP contribution is 2.27. The number of carbonyl (C=O) groups excluding carboxylic acids is 1. The standard InChI is InChI=1S/C24H26N4O4S/c1-32-16-28(15-18-5-4-6-20(13-18)24(25)26)23(29)14-17-9-11-19(12-10-17)21-7-2-3-8-22(21)33(27,30)31/h2-13H,14-16H2,1H3,(H3,25,26)(H2,27,30,31). The van der Waals surface area contributed by atoms with Crippen LogP contribution in [0, 0.1) is 5.41 Å². The van der Waals surface area contributed by atoms with Gasteiger partial charge >= 0.3 is 0 Å². The Bertz CT molecular complexity index is 1260. The molecule has 8 nitrogen and oxygen atoms in total. The summed E-state index contributed by atoms with van der Waals surface area (Å²) in [6, 6.07) is 20.8. The average molecular weight is 467 g/mol. The first-order valence-corrected chi connectivity index (χ1v) is 11.6. The van der Waals surface area contributed by atoms with Crippen molar-refractivity contribution in [2.24, 2.45) is 10.9 Å². The molecule has 0 radical (unpaired) electrons. The van der Waals surface area contributed by atoms with E-state index in [-0.39, 0.29) is 29.8 Å². The number of ether oxygens (including phenoxy) is 1. The maximum atomic E-state index is 12.9. The molecule has 0 atom stereocenters. The highest BCUT2D eigenvalue weighted by atomic mass is 32.2. The minimum atomic E-state index is -3.86. The molecule has 0 aliphatic heterocycles. The number of amides is 1. The van der Waals surface area contributed by atoms with Gasteiger partial charge in [-0.2, -0.15) is 0 Å². The van der Waals surface area contributed by atoms with Gasteiger partial charge in [-0.15, -0.1) is 0 Å². The predicted octanol–water partition coefficient (Wildman–Crippen LogP) is 2.46. The van der Waals surface area contributed by atoms with Crippen LogP contribution in [0.15, 0.2) is 77.7 Å². The molecule has 0 spiro atoms. The van der Waals surface area contributed by atoms with Crippen LogP contribution < -0.4 is 10.9 Å². The molecule has 33 heavy (non-hydrogen) atoms. The molecule has 3 rings (SSSR count). The van der Waals surface area contributed by atoms with E-state index in [1.54, 1.807) is 65.6 Å². The van der Waals surface area contributed by atoms with Gasteiger partial charge in [0, 0.05) is 24.8 Å². The van der Waals surface area contributed by atoms with Crippen LogP contribution in [0.25, 0.3) is 11.1 Å². The Kier molecular flexibility index (Phi) is 7.59. The van der Waals surface area contributed by atoms with Crippen molar-refractivity contribution in [2.75, 3.05) is 13.8 Å². The van der Waals surface area contributed by atoms with E-state index in [0.717, 1.165) is 11.1 Å². The molecule has 1 amide bonds. The third-order valence-corrected chi connectivity index (χ3v) is 6.03. The number of nitrogens with one attached hydrogen (secondary N) is 1. The lowest BCUT2D eigenvalue weighted by Gasteiger charge is -2.22. The zero-order chi connectivity index (χ0) is 24.0. The number of nitrogen functional groups attached to an aromatic ring is 1. The van der Waals surface area contributed by atoms with Gasteiger partial charge in [0.1, 0.15) is 12.6 Å². The maximum absolute atomic E-state index is 12.9. The van der Waals surface area contributed by atoms with Crippen LogP contribution in [0.5, 0.6) is 0 Å². The van der Waals surface area contributed by atoms with E-state index < -0.39 is 10.0 Å². The number of nitrogens with two attached hydrogens (primary N) is 2. The number of primary sulfonamides is 1. The fourth-order valence-electron chi connectivity index (χ4n) is 3.46.